The summed E-state index contributed by atoms with van der Waals surface area (Å²) in [5.74, 6) is -0.676. The van der Waals surface area contributed by atoms with E-state index in [9.17, 15) is 24.5 Å². The first kappa shape index (κ1) is 29.6. The van der Waals surface area contributed by atoms with E-state index in [0.717, 1.165) is 11.1 Å². The van der Waals surface area contributed by atoms with Crippen molar-refractivity contribution in [3.05, 3.63) is 112 Å². The van der Waals surface area contributed by atoms with Crippen LogP contribution in [0.15, 0.2) is 84.9 Å². The Balaban J connectivity index is 1.46. The highest BCUT2D eigenvalue weighted by molar-refractivity contribution is 5.81. The molecule has 0 spiro atoms. The number of hydrogen-bond acceptors (Lipinski definition) is 8. The second-order valence-electron chi connectivity index (χ2n) is 8.77. The van der Waals surface area contributed by atoms with E-state index in [-0.39, 0.29) is 31.9 Å². The minimum Gasteiger partial charge on any atom is -0.459 e. The molecule has 40 heavy (non-hydrogen) atoms. The molecule has 11 heteroatoms. The van der Waals surface area contributed by atoms with Crippen molar-refractivity contribution in [1.82, 2.24) is 10.6 Å². The van der Waals surface area contributed by atoms with E-state index in [2.05, 4.69) is 10.6 Å². The van der Waals surface area contributed by atoms with Gasteiger partial charge in [-0.15, -0.1) is 0 Å². The van der Waals surface area contributed by atoms with Crippen molar-refractivity contribution in [3.8, 4) is 0 Å². The first-order valence-corrected chi connectivity index (χ1v) is 12.7. The molecule has 0 aliphatic heterocycles. The van der Waals surface area contributed by atoms with Crippen LogP contribution in [0.2, 0.25) is 0 Å². The third-order valence-corrected chi connectivity index (χ3v) is 5.72. The van der Waals surface area contributed by atoms with Crippen LogP contribution in [-0.2, 0) is 38.8 Å². The molecule has 2 amide bonds. The van der Waals surface area contributed by atoms with Crippen LogP contribution in [-0.4, -0.2) is 35.7 Å². The van der Waals surface area contributed by atoms with Gasteiger partial charge in [-0.1, -0.05) is 60.7 Å². The van der Waals surface area contributed by atoms with E-state index < -0.39 is 29.1 Å². The number of carbonyl (C=O) groups is 3. The van der Waals surface area contributed by atoms with Gasteiger partial charge in [-0.05, 0) is 48.1 Å². The van der Waals surface area contributed by atoms with E-state index in [1.165, 1.54) is 24.3 Å². The molecule has 3 aromatic rings. The highest BCUT2D eigenvalue weighted by atomic mass is 16.6. The van der Waals surface area contributed by atoms with E-state index >= 15 is 0 Å². The van der Waals surface area contributed by atoms with Gasteiger partial charge < -0.3 is 24.8 Å². The average molecular weight is 550 g/mol. The van der Waals surface area contributed by atoms with E-state index in [4.69, 9.17) is 14.2 Å². The van der Waals surface area contributed by atoms with Gasteiger partial charge in [-0.2, -0.15) is 0 Å². The molecule has 1 atom stereocenters. The topological polar surface area (TPSA) is 146 Å². The zero-order valence-corrected chi connectivity index (χ0v) is 21.8. The van der Waals surface area contributed by atoms with Crippen LogP contribution in [0.4, 0.5) is 15.3 Å². The third kappa shape index (κ3) is 10.8. The number of non-ortho nitro benzene ring substituents is 1. The number of amides is 2. The number of alkyl carbamates (subject to hydrolysis) is 2. The molecule has 3 rings (SSSR count). The second kappa shape index (κ2) is 16.1. The molecule has 0 fully saturated rings. The van der Waals surface area contributed by atoms with Gasteiger partial charge in [0, 0.05) is 18.7 Å². The summed E-state index contributed by atoms with van der Waals surface area (Å²) >= 11 is 0. The predicted molar refractivity (Wildman–Crippen MR) is 145 cm³/mol. The summed E-state index contributed by atoms with van der Waals surface area (Å²) in [6.45, 7) is 0.385. The van der Waals surface area contributed by atoms with Gasteiger partial charge in [-0.25, -0.2) is 14.4 Å². The number of rotatable bonds is 14. The number of nitrogens with zero attached hydrogens (tertiary/aromatic N) is 1. The third-order valence-electron chi connectivity index (χ3n) is 5.72. The monoisotopic (exact) mass is 549 g/mol. The van der Waals surface area contributed by atoms with Crippen LogP contribution < -0.4 is 10.6 Å². The second-order valence-corrected chi connectivity index (χ2v) is 8.77. The lowest BCUT2D eigenvalue weighted by Crippen LogP contribution is -2.42. The maximum absolute atomic E-state index is 12.8. The van der Waals surface area contributed by atoms with Crippen LogP contribution in [0, 0.1) is 10.1 Å². The molecular formula is C29H31N3O8. The fraction of sp³-hybridized carbons (Fsp3) is 0.276. The van der Waals surface area contributed by atoms with Gasteiger partial charge in [0.05, 0.1) is 4.92 Å². The number of hydrogen-bond donors (Lipinski definition) is 2. The number of benzene rings is 3. The molecule has 0 radical (unpaired) electrons. The fourth-order valence-electron chi connectivity index (χ4n) is 3.56. The van der Waals surface area contributed by atoms with Crippen LogP contribution in [0.3, 0.4) is 0 Å². The Kier molecular flexibility index (Phi) is 11.9. The Bertz CT molecular complexity index is 1240. The summed E-state index contributed by atoms with van der Waals surface area (Å²) in [4.78, 5) is 47.4. The van der Waals surface area contributed by atoms with Crippen LogP contribution >= 0.6 is 0 Å². The predicted octanol–water partition coefficient (Wildman–Crippen LogP) is 5.03. The van der Waals surface area contributed by atoms with Crippen molar-refractivity contribution in [3.63, 3.8) is 0 Å². The van der Waals surface area contributed by atoms with E-state index in [1.807, 2.05) is 48.5 Å². The highest BCUT2D eigenvalue weighted by Crippen LogP contribution is 2.13. The fourth-order valence-corrected chi connectivity index (χ4v) is 3.56. The quantitative estimate of drug-likeness (QED) is 0.0936. The normalized spacial score (nSPS) is 11.1. The molecule has 2 N–H and O–H groups in total. The van der Waals surface area contributed by atoms with Gasteiger partial charge in [0.25, 0.3) is 5.69 Å². The summed E-state index contributed by atoms with van der Waals surface area (Å²) in [5.41, 5.74) is 2.15. The first-order valence-electron chi connectivity index (χ1n) is 12.7. The van der Waals surface area contributed by atoms with E-state index in [0.29, 0.717) is 24.9 Å². The average Bonchev–Trinajstić information content (AvgIpc) is 2.98. The van der Waals surface area contributed by atoms with Gasteiger partial charge in [-0.3, -0.25) is 10.1 Å². The zero-order chi connectivity index (χ0) is 28.6. The van der Waals surface area contributed by atoms with Crippen molar-refractivity contribution in [2.75, 3.05) is 6.54 Å². The number of unbranched alkanes of at least 4 members (excludes halogenated alkanes) is 1. The molecule has 0 aromatic heterocycles. The summed E-state index contributed by atoms with van der Waals surface area (Å²) in [5, 5.41) is 16.0. The molecule has 0 saturated carbocycles. The summed E-state index contributed by atoms with van der Waals surface area (Å²) in [6, 6.07) is 23.0. The van der Waals surface area contributed by atoms with Crippen molar-refractivity contribution in [2.45, 2.75) is 45.1 Å². The summed E-state index contributed by atoms with van der Waals surface area (Å²) < 4.78 is 15.8. The molecular weight excluding hydrogens is 518 g/mol. The Hall–Kier alpha value is -4.93. The molecule has 0 heterocycles. The van der Waals surface area contributed by atoms with Gasteiger partial charge in [0.15, 0.2) is 0 Å². The number of ether oxygens (including phenoxy) is 3. The number of nitrogens with one attached hydrogen (secondary N) is 2. The Morgan fingerprint density at radius 3 is 1.80 bits per heavy atom. The van der Waals surface area contributed by atoms with Crippen LogP contribution in [0.5, 0.6) is 0 Å². The molecule has 210 valence electrons. The van der Waals surface area contributed by atoms with Gasteiger partial charge in [0.1, 0.15) is 25.9 Å². The molecule has 0 aliphatic rings. The minimum atomic E-state index is -0.994. The summed E-state index contributed by atoms with van der Waals surface area (Å²) in [7, 11) is 0. The Morgan fingerprint density at radius 1 is 0.700 bits per heavy atom. The van der Waals surface area contributed by atoms with Crippen molar-refractivity contribution < 1.29 is 33.5 Å². The number of esters is 1. The largest absolute Gasteiger partial charge is 0.459 e. The highest BCUT2D eigenvalue weighted by Gasteiger charge is 2.23. The first-order chi connectivity index (χ1) is 19.4. The molecule has 0 aliphatic carbocycles. The SMILES string of the molecule is O=C(NCCCCC(NC(=O)OCc1ccccc1)C(=O)OCc1ccc([N+](=O)[O-])cc1)OCc1ccccc1. The minimum absolute atomic E-state index is 0.0340. The number of carbonyl (C=O) groups excluding carboxylic acids is 3. The van der Waals surface area contributed by atoms with Crippen LogP contribution in [0.1, 0.15) is 36.0 Å². The standard InChI is InChI=1S/C29H31N3O8/c33-27(38-19-24-14-16-25(17-15-24)32(36)37)26(31-29(35)40-21-23-11-5-2-6-12-23)13-7-8-18-30-28(34)39-20-22-9-3-1-4-10-22/h1-6,9-12,14-17,26H,7-8,13,18-21H2,(H,30,34)(H,31,35). The molecule has 0 bridgehead atoms. The lowest BCUT2D eigenvalue weighted by molar-refractivity contribution is -0.384. The number of nitro groups is 1. The zero-order valence-electron chi connectivity index (χ0n) is 21.8. The molecule has 11 nitrogen and oxygen atoms in total. The molecule has 0 saturated heterocycles. The maximum Gasteiger partial charge on any atom is 0.408 e. The number of nitro benzene ring substituents is 1. The molecule has 1 unspecified atom stereocenters. The Morgan fingerprint density at radius 2 is 1.23 bits per heavy atom. The van der Waals surface area contributed by atoms with Crippen LogP contribution in [0.25, 0.3) is 0 Å². The summed E-state index contributed by atoms with van der Waals surface area (Å²) in [6.07, 6.45) is -0.0858. The van der Waals surface area contributed by atoms with Crippen molar-refractivity contribution >= 4 is 23.8 Å². The lowest BCUT2D eigenvalue weighted by Gasteiger charge is -2.18. The van der Waals surface area contributed by atoms with Gasteiger partial charge >= 0.3 is 18.2 Å². The van der Waals surface area contributed by atoms with E-state index in [1.54, 1.807) is 12.1 Å². The maximum atomic E-state index is 12.8. The lowest BCUT2D eigenvalue weighted by atomic mass is 10.1. The molecule has 3 aromatic carbocycles. The Labute approximate surface area is 231 Å². The smallest absolute Gasteiger partial charge is 0.408 e. The van der Waals surface area contributed by atoms with Gasteiger partial charge in [0.2, 0.25) is 0 Å². The van der Waals surface area contributed by atoms with Crippen molar-refractivity contribution in [2.24, 2.45) is 0 Å². The van der Waals surface area contributed by atoms with Crippen molar-refractivity contribution in [1.29, 1.82) is 0 Å².